The summed E-state index contributed by atoms with van der Waals surface area (Å²) in [5.41, 5.74) is 2.69. The van der Waals surface area contributed by atoms with Gasteiger partial charge in [-0.3, -0.25) is 9.78 Å². The summed E-state index contributed by atoms with van der Waals surface area (Å²) in [7, 11) is 0. The Bertz CT molecular complexity index is 514. The molecule has 2 aromatic rings. The maximum Gasteiger partial charge on any atom is 0.248 e. The molecular formula is C11H12N2O. The van der Waals surface area contributed by atoms with Crippen molar-refractivity contribution in [2.45, 2.75) is 19.8 Å². The molecule has 0 fully saturated rings. The number of nitrogens with one attached hydrogen (secondary N) is 1. The van der Waals surface area contributed by atoms with E-state index in [0.717, 1.165) is 16.6 Å². The first-order valence-corrected chi connectivity index (χ1v) is 4.66. The van der Waals surface area contributed by atoms with E-state index in [9.17, 15) is 4.79 Å². The van der Waals surface area contributed by atoms with E-state index in [-0.39, 0.29) is 5.56 Å². The van der Waals surface area contributed by atoms with Gasteiger partial charge in [-0.25, -0.2) is 0 Å². The molecule has 0 aliphatic rings. The van der Waals surface area contributed by atoms with Crippen LogP contribution in [0.4, 0.5) is 0 Å². The number of aromatic nitrogens is 2. The molecule has 0 bridgehead atoms. The van der Waals surface area contributed by atoms with Crippen molar-refractivity contribution >= 4 is 11.0 Å². The van der Waals surface area contributed by atoms with Gasteiger partial charge in [0, 0.05) is 12.3 Å². The maximum absolute atomic E-state index is 11.1. The Morgan fingerprint density at radius 3 is 2.86 bits per heavy atom. The quantitative estimate of drug-likeness (QED) is 0.744. The van der Waals surface area contributed by atoms with Gasteiger partial charge in [-0.1, -0.05) is 13.8 Å². The minimum atomic E-state index is -0.0831. The fourth-order valence-corrected chi connectivity index (χ4v) is 1.37. The Morgan fingerprint density at radius 1 is 1.36 bits per heavy atom. The van der Waals surface area contributed by atoms with Crippen LogP contribution in [0.3, 0.4) is 0 Å². The zero-order valence-corrected chi connectivity index (χ0v) is 8.24. The second-order valence-electron chi connectivity index (χ2n) is 3.68. The highest BCUT2D eigenvalue weighted by Crippen LogP contribution is 2.16. The van der Waals surface area contributed by atoms with Gasteiger partial charge in [-0.05, 0) is 23.6 Å². The summed E-state index contributed by atoms with van der Waals surface area (Å²) in [6.45, 7) is 4.20. The molecule has 72 valence electrons. The Hall–Kier alpha value is -1.64. The van der Waals surface area contributed by atoms with Crippen LogP contribution in [-0.4, -0.2) is 9.97 Å². The predicted molar refractivity (Wildman–Crippen MR) is 56.5 cm³/mol. The fraction of sp³-hybridized carbons (Fsp3) is 0.273. The minimum Gasteiger partial charge on any atom is -0.321 e. The second-order valence-corrected chi connectivity index (χ2v) is 3.68. The lowest BCUT2D eigenvalue weighted by Crippen LogP contribution is -2.03. The molecule has 0 aliphatic heterocycles. The molecule has 3 heteroatoms. The third-order valence-corrected chi connectivity index (χ3v) is 2.26. The number of hydrogen-bond acceptors (Lipinski definition) is 2. The Morgan fingerprint density at radius 2 is 2.14 bits per heavy atom. The van der Waals surface area contributed by atoms with E-state index in [1.165, 1.54) is 6.07 Å². The zero-order valence-electron chi connectivity index (χ0n) is 8.24. The summed E-state index contributed by atoms with van der Waals surface area (Å²) < 4.78 is 0. The Kier molecular flexibility index (Phi) is 2.08. The van der Waals surface area contributed by atoms with Crippen LogP contribution < -0.4 is 5.56 Å². The first-order chi connectivity index (χ1) is 6.66. The van der Waals surface area contributed by atoms with Crippen LogP contribution in [0.2, 0.25) is 0 Å². The van der Waals surface area contributed by atoms with Crippen LogP contribution in [0.25, 0.3) is 11.0 Å². The third kappa shape index (κ3) is 1.53. The molecular weight excluding hydrogens is 176 g/mol. The highest BCUT2D eigenvalue weighted by molar-refractivity contribution is 5.74. The average Bonchev–Trinajstić information content (AvgIpc) is 2.16. The molecule has 0 saturated heterocycles. The molecule has 0 saturated carbocycles. The number of hydrogen-bond donors (Lipinski definition) is 1. The molecule has 2 aromatic heterocycles. The minimum absolute atomic E-state index is 0.0831. The van der Waals surface area contributed by atoms with Crippen molar-refractivity contribution in [2.24, 2.45) is 0 Å². The van der Waals surface area contributed by atoms with E-state index in [2.05, 4.69) is 23.8 Å². The molecule has 0 radical (unpaired) electrons. The number of nitrogens with zero attached hydrogens (tertiary/aromatic N) is 1. The van der Waals surface area contributed by atoms with Gasteiger partial charge >= 0.3 is 0 Å². The summed E-state index contributed by atoms with van der Waals surface area (Å²) in [6, 6.07) is 5.21. The summed E-state index contributed by atoms with van der Waals surface area (Å²) >= 11 is 0. The molecule has 0 amide bonds. The number of pyridine rings is 2. The maximum atomic E-state index is 11.1. The van der Waals surface area contributed by atoms with Gasteiger partial charge in [0.05, 0.1) is 11.0 Å². The SMILES string of the molecule is CC(C)c1cnc2ccc(=O)[nH]c2c1. The smallest absolute Gasteiger partial charge is 0.248 e. The molecule has 2 rings (SSSR count). The molecule has 14 heavy (non-hydrogen) atoms. The summed E-state index contributed by atoms with van der Waals surface area (Å²) in [6.07, 6.45) is 1.85. The van der Waals surface area contributed by atoms with Crippen molar-refractivity contribution in [1.29, 1.82) is 0 Å². The Balaban J connectivity index is 2.69. The van der Waals surface area contributed by atoms with Crippen molar-refractivity contribution in [3.05, 3.63) is 40.3 Å². The van der Waals surface area contributed by atoms with Crippen LogP contribution in [-0.2, 0) is 0 Å². The largest absolute Gasteiger partial charge is 0.321 e. The molecule has 0 unspecified atom stereocenters. The van der Waals surface area contributed by atoms with E-state index >= 15 is 0 Å². The molecule has 0 aliphatic carbocycles. The van der Waals surface area contributed by atoms with E-state index in [1.807, 2.05) is 12.3 Å². The average molecular weight is 188 g/mol. The van der Waals surface area contributed by atoms with Crippen LogP contribution >= 0.6 is 0 Å². The lowest BCUT2D eigenvalue weighted by Gasteiger charge is -2.05. The summed E-state index contributed by atoms with van der Waals surface area (Å²) in [5.74, 6) is 0.426. The summed E-state index contributed by atoms with van der Waals surface area (Å²) in [5, 5.41) is 0. The first-order valence-electron chi connectivity index (χ1n) is 4.66. The van der Waals surface area contributed by atoms with Gasteiger partial charge in [-0.15, -0.1) is 0 Å². The lowest BCUT2D eigenvalue weighted by atomic mass is 10.1. The van der Waals surface area contributed by atoms with Gasteiger partial charge in [0.15, 0.2) is 0 Å². The van der Waals surface area contributed by atoms with Gasteiger partial charge in [0.25, 0.3) is 0 Å². The van der Waals surface area contributed by atoms with E-state index in [1.54, 1.807) is 6.07 Å². The normalized spacial score (nSPS) is 11.1. The van der Waals surface area contributed by atoms with Crippen molar-refractivity contribution in [3.63, 3.8) is 0 Å². The number of rotatable bonds is 1. The van der Waals surface area contributed by atoms with Crippen molar-refractivity contribution in [2.75, 3.05) is 0 Å². The van der Waals surface area contributed by atoms with Gasteiger partial charge in [0.2, 0.25) is 5.56 Å². The van der Waals surface area contributed by atoms with Crippen LogP contribution in [0.15, 0.2) is 29.2 Å². The van der Waals surface area contributed by atoms with Crippen LogP contribution in [0.1, 0.15) is 25.3 Å². The monoisotopic (exact) mass is 188 g/mol. The van der Waals surface area contributed by atoms with Crippen molar-refractivity contribution in [3.8, 4) is 0 Å². The Labute approximate surface area is 81.8 Å². The van der Waals surface area contributed by atoms with E-state index < -0.39 is 0 Å². The van der Waals surface area contributed by atoms with Gasteiger partial charge < -0.3 is 4.98 Å². The number of H-pyrrole nitrogens is 1. The molecule has 2 heterocycles. The molecule has 0 spiro atoms. The molecule has 0 atom stereocenters. The zero-order chi connectivity index (χ0) is 10.1. The highest BCUT2D eigenvalue weighted by atomic mass is 16.1. The van der Waals surface area contributed by atoms with Crippen LogP contribution in [0, 0.1) is 0 Å². The van der Waals surface area contributed by atoms with E-state index in [4.69, 9.17) is 0 Å². The van der Waals surface area contributed by atoms with E-state index in [0.29, 0.717) is 5.92 Å². The van der Waals surface area contributed by atoms with Crippen LogP contribution in [0.5, 0.6) is 0 Å². The first kappa shape index (κ1) is 8.94. The molecule has 3 nitrogen and oxygen atoms in total. The van der Waals surface area contributed by atoms with Crippen molar-refractivity contribution < 1.29 is 0 Å². The second kappa shape index (κ2) is 3.25. The fourth-order valence-electron chi connectivity index (χ4n) is 1.37. The van der Waals surface area contributed by atoms with Crippen molar-refractivity contribution in [1.82, 2.24) is 9.97 Å². The topological polar surface area (TPSA) is 45.8 Å². The molecule has 1 N–H and O–H groups in total. The standard InChI is InChI=1S/C11H12N2O/c1-7(2)8-5-10-9(12-6-8)3-4-11(14)13-10/h3-7H,1-2H3,(H,13,14). The lowest BCUT2D eigenvalue weighted by molar-refractivity contribution is 0.861. The van der Waals surface area contributed by atoms with Gasteiger partial charge in [0.1, 0.15) is 0 Å². The summed E-state index contributed by atoms with van der Waals surface area (Å²) in [4.78, 5) is 18.1. The predicted octanol–water partition coefficient (Wildman–Crippen LogP) is 2.05. The number of aromatic amines is 1. The number of fused-ring (bicyclic) bond motifs is 1. The highest BCUT2D eigenvalue weighted by Gasteiger charge is 2.01. The van der Waals surface area contributed by atoms with Gasteiger partial charge in [-0.2, -0.15) is 0 Å². The molecule has 0 aromatic carbocycles. The third-order valence-electron chi connectivity index (χ3n) is 2.26.